The highest BCUT2D eigenvalue weighted by molar-refractivity contribution is 6.20. The normalized spacial score (nSPS) is 24.9. The first-order valence-electron chi connectivity index (χ1n) is 5.83. The molecule has 0 spiro atoms. The summed E-state index contributed by atoms with van der Waals surface area (Å²) in [5.41, 5.74) is 1.13. The molecule has 1 aliphatic rings. The van der Waals surface area contributed by atoms with Crippen molar-refractivity contribution in [3.63, 3.8) is 0 Å². The van der Waals surface area contributed by atoms with E-state index in [4.69, 9.17) is 11.6 Å². The van der Waals surface area contributed by atoms with Crippen molar-refractivity contribution >= 4 is 11.6 Å². The van der Waals surface area contributed by atoms with Crippen molar-refractivity contribution in [3.8, 4) is 0 Å². The summed E-state index contributed by atoms with van der Waals surface area (Å²) < 4.78 is 12.7. The monoisotopic (exact) mass is 241 g/mol. The molecule has 1 N–H and O–H groups in total. The number of benzene rings is 1. The van der Waals surface area contributed by atoms with Crippen molar-refractivity contribution in [1.82, 2.24) is 5.32 Å². The Bertz CT molecular complexity index is 325. The zero-order chi connectivity index (χ0) is 11.4. The Morgan fingerprint density at radius 2 is 2.00 bits per heavy atom. The Hall–Kier alpha value is -0.600. The summed E-state index contributed by atoms with van der Waals surface area (Å²) >= 11 is 6.05. The van der Waals surface area contributed by atoms with E-state index in [0.29, 0.717) is 11.3 Å². The van der Waals surface area contributed by atoms with E-state index in [1.165, 1.54) is 18.6 Å². The van der Waals surface area contributed by atoms with Crippen LogP contribution in [0, 0.1) is 11.7 Å². The number of halogens is 2. The predicted molar refractivity (Wildman–Crippen MR) is 65.1 cm³/mol. The maximum atomic E-state index is 12.7. The lowest BCUT2D eigenvalue weighted by atomic mass is 10.1. The number of rotatable bonds is 4. The molecule has 1 nitrogen and oxygen atoms in total. The molecule has 0 saturated heterocycles. The molecule has 3 heteroatoms. The Morgan fingerprint density at radius 3 is 2.62 bits per heavy atom. The molecule has 0 radical (unpaired) electrons. The van der Waals surface area contributed by atoms with Crippen LogP contribution in [0.25, 0.3) is 0 Å². The van der Waals surface area contributed by atoms with Crippen molar-refractivity contribution in [3.05, 3.63) is 35.6 Å². The third-order valence-electron chi connectivity index (χ3n) is 3.15. The van der Waals surface area contributed by atoms with Crippen molar-refractivity contribution < 1.29 is 4.39 Å². The summed E-state index contributed by atoms with van der Waals surface area (Å²) in [4.78, 5) is 0. The second-order valence-corrected chi connectivity index (χ2v) is 5.15. The van der Waals surface area contributed by atoms with Crippen LogP contribution in [-0.2, 0) is 6.54 Å². The molecule has 0 bridgehead atoms. The fourth-order valence-corrected chi connectivity index (χ4v) is 2.60. The molecule has 0 amide bonds. The van der Waals surface area contributed by atoms with Gasteiger partial charge in [0.05, 0.1) is 0 Å². The van der Waals surface area contributed by atoms with Crippen molar-refractivity contribution in [2.75, 3.05) is 6.54 Å². The highest BCUT2D eigenvalue weighted by atomic mass is 35.5. The predicted octanol–water partition coefficient (Wildman–Crippen LogP) is 3.32. The largest absolute Gasteiger partial charge is 0.312 e. The van der Waals surface area contributed by atoms with Crippen LogP contribution < -0.4 is 5.32 Å². The van der Waals surface area contributed by atoms with Gasteiger partial charge in [0.25, 0.3) is 0 Å². The molecule has 88 valence electrons. The molecule has 1 aliphatic carbocycles. The number of nitrogens with one attached hydrogen (secondary N) is 1. The summed E-state index contributed by atoms with van der Waals surface area (Å²) in [6.07, 6.45) is 3.49. The molecule has 1 aromatic rings. The first kappa shape index (κ1) is 11.9. The van der Waals surface area contributed by atoms with Gasteiger partial charge in [-0.1, -0.05) is 12.1 Å². The van der Waals surface area contributed by atoms with Crippen LogP contribution in [0.5, 0.6) is 0 Å². The van der Waals surface area contributed by atoms with Crippen LogP contribution in [0.4, 0.5) is 4.39 Å². The van der Waals surface area contributed by atoms with Crippen LogP contribution in [0.3, 0.4) is 0 Å². The number of alkyl halides is 1. The van der Waals surface area contributed by atoms with Gasteiger partial charge in [-0.05, 0) is 49.4 Å². The minimum atomic E-state index is -0.176. The fourth-order valence-electron chi connectivity index (χ4n) is 2.22. The van der Waals surface area contributed by atoms with Crippen LogP contribution in [-0.4, -0.2) is 11.9 Å². The Morgan fingerprint density at radius 1 is 1.25 bits per heavy atom. The van der Waals surface area contributed by atoms with Gasteiger partial charge in [0.15, 0.2) is 0 Å². The van der Waals surface area contributed by atoms with E-state index in [0.717, 1.165) is 31.5 Å². The Kier molecular flexibility index (Phi) is 4.19. The molecule has 2 atom stereocenters. The van der Waals surface area contributed by atoms with Crippen molar-refractivity contribution in [2.24, 2.45) is 5.92 Å². The van der Waals surface area contributed by atoms with Gasteiger partial charge in [0.2, 0.25) is 0 Å². The lowest BCUT2D eigenvalue weighted by molar-refractivity contribution is 0.489. The van der Waals surface area contributed by atoms with E-state index in [2.05, 4.69) is 5.32 Å². The molecular weight excluding hydrogens is 225 g/mol. The molecule has 1 aromatic carbocycles. The van der Waals surface area contributed by atoms with E-state index in [1.54, 1.807) is 0 Å². The molecule has 1 saturated carbocycles. The molecular formula is C13H17ClFN. The zero-order valence-corrected chi connectivity index (χ0v) is 10.0. The van der Waals surface area contributed by atoms with E-state index < -0.39 is 0 Å². The summed E-state index contributed by atoms with van der Waals surface area (Å²) in [5, 5.41) is 3.78. The van der Waals surface area contributed by atoms with E-state index in [1.807, 2.05) is 12.1 Å². The maximum absolute atomic E-state index is 12.7. The van der Waals surface area contributed by atoms with Crippen molar-refractivity contribution in [2.45, 2.75) is 31.2 Å². The van der Waals surface area contributed by atoms with Gasteiger partial charge in [-0.2, -0.15) is 0 Å². The van der Waals surface area contributed by atoms with Gasteiger partial charge in [-0.25, -0.2) is 4.39 Å². The molecule has 16 heavy (non-hydrogen) atoms. The number of hydrogen-bond acceptors (Lipinski definition) is 1. The smallest absolute Gasteiger partial charge is 0.123 e. The molecule has 0 heterocycles. The van der Waals surface area contributed by atoms with E-state index >= 15 is 0 Å². The number of hydrogen-bond donors (Lipinski definition) is 1. The molecule has 0 aromatic heterocycles. The van der Waals surface area contributed by atoms with Gasteiger partial charge in [-0.15, -0.1) is 11.6 Å². The highest BCUT2D eigenvalue weighted by Crippen LogP contribution is 2.28. The Labute approximate surface area is 101 Å². The lowest BCUT2D eigenvalue weighted by Crippen LogP contribution is -2.21. The molecule has 0 aliphatic heterocycles. The van der Waals surface area contributed by atoms with Gasteiger partial charge in [0, 0.05) is 11.9 Å². The maximum Gasteiger partial charge on any atom is 0.123 e. The minimum absolute atomic E-state index is 0.176. The van der Waals surface area contributed by atoms with E-state index in [9.17, 15) is 4.39 Å². The standard InChI is InChI=1S/C13H17ClFN/c14-12-4-1-11(7-12)9-16-8-10-2-5-13(15)6-3-10/h2-3,5-6,11-12,16H,1,4,7-9H2. The van der Waals surface area contributed by atoms with Crippen LogP contribution in [0.2, 0.25) is 0 Å². The van der Waals surface area contributed by atoms with Gasteiger partial charge in [-0.3, -0.25) is 0 Å². The van der Waals surface area contributed by atoms with Crippen molar-refractivity contribution in [1.29, 1.82) is 0 Å². The van der Waals surface area contributed by atoms with Crippen LogP contribution in [0.15, 0.2) is 24.3 Å². The first-order chi connectivity index (χ1) is 7.74. The average molecular weight is 242 g/mol. The highest BCUT2D eigenvalue weighted by Gasteiger charge is 2.21. The topological polar surface area (TPSA) is 12.0 Å². The van der Waals surface area contributed by atoms with Gasteiger partial charge >= 0.3 is 0 Å². The second-order valence-electron chi connectivity index (χ2n) is 4.53. The van der Waals surface area contributed by atoms with Gasteiger partial charge in [0.1, 0.15) is 5.82 Å². The zero-order valence-electron chi connectivity index (χ0n) is 9.26. The fraction of sp³-hybridized carbons (Fsp3) is 0.538. The summed E-state index contributed by atoms with van der Waals surface area (Å²) in [7, 11) is 0. The first-order valence-corrected chi connectivity index (χ1v) is 6.27. The third-order valence-corrected chi connectivity index (χ3v) is 3.55. The molecule has 2 unspecified atom stereocenters. The second kappa shape index (κ2) is 5.65. The summed E-state index contributed by atoms with van der Waals surface area (Å²) in [6.45, 7) is 1.82. The lowest BCUT2D eigenvalue weighted by Gasteiger charge is -2.10. The molecule has 1 fully saturated rings. The van der Waals surface area contributed by atoms with Crippen LogP contribution >= 0.6 is 11.6 Å². The van der Waals surface area contributed by atoms with Crippen LogP contribution in [0.1, 0.15) is 24.8 Å². The summed E-state index contributed by atoms with van der Waals surface area (Å²) in [5.74, 6) is 0.535. The molecule has 2 rings (SSSR count). The average Bonchev–Trinajstić information content (AvgIpc) is 2.67. The summed E-state index contributed by atoms with van der Waals surface area (Å²) in [6, 6.07) is 6.64. The SMILES string of the molecule is Fc1ccc(CNCC2CCC(Cl)C2)cc1. The quantitative estimate of drug-likeness (QED) is 0.798. The van der Waals surface area contributed by atoms with Gasteiger partial charge < -0.3 is 5.32 Å². The third kappa shape index (κ3) is 3.46. The van der Waals surface area contributed by atoms with E-state index in [-0.39, 0.29) is 5.82 Å². The Balaban J connectivity index is 1.70. The minimum Gasteiger partial charge on any atom is -0.312 e.